The van der Waals surface area contributed by atoms with Crippen LogP contribution in [0.1, 0.15) is 64.7 Å². The van der Waals surface area contributed by atoms with Gasteiger partial charge >= 0.3 is 5.97 Å². The molecule has 5 aliphatic rings. The molecular formula is C29H37NO5. The minimum atomic E-state index is -1.03. The second-order valence-corrected chi connectivity index (χ2v) is 12.1. The van der Waals surface area contributed by atoms with Gasteiger partial charge in [0.1, 0.15) is 6.61 Å². The van der Waals surface area contributed by atoms with E-state index in [0.717, 1.165) is 36.9 Å². The number of fused-ring (bicyclic) bond motifs is 5. The lowest BCUT2D eigenvalue weighted by atomic mass is 9.41. The van der Waals surface area contributed by atoms with E-state index in [4.69, 9.17) is 9.73 Å². The standard InChI is InChI=1S/C29H37NO5/c1-26-11-8-23-24(29(26,34)14-10-22(26)19-15-25(32)35-17-19)9-13-28(33)16-21(31)7-12-27(23,28)18-30-20-5-3-2-4-6-20/h2-6,15,18,21-24,31,33-34H,7-14,16-17H2,1H3/t21-,22+,23+,24+,26+,27-,28+,29-/m0/s1. The van der Waals surface area contributed by atoms with Crippen LogP contribution in [0.15, 0.2) is 47.0 Å². The molecule has 6 heteroatoms. The smallest absolute Gasteiger partial charge is 0.331 e. The average molecular weight is 480 g/mol. The molecule has 1 aromatic carbocycles. The fraction of sp³-hybridized carbons (Fsp3) is 0.655. The van der Waals surface area contributed by atoms with Crippen molar-refractivity contribution in [1.82, 2.24) is 0 Å². The first-order chi connectivity index (χ1) is 16.7. The largest absolute Gasteiger partial charge is 0.458 e. The van der Waals surface area contributed by atoms with Gasteiger partial charge < -0.3 is 20.1 Å². The molecule has 0 saturated heterocycles. The van der Waals surface area contributed by atoms with Gasteiger partial charge in [0.2, 0.25) is 0 Å². The zero-order valence-corrected chi connectivity index (χ0v) is 20.5. The number of para-hydroxylation sites is 1. The summed E-state index contributed by atoms with van der Waals surface area (Å²) in [5.41, 5.74) is -0.907. The molecule has 0 spiro atoms. The number of benzene rings is 1. The summed E-state index contributed by atoms with van der Waals surface area (Å²) in [4.78, 5) is 16.7. The van der Waals surface area contributed by atoms with Crippen molar-refractivity contribution in [1.29, 1.82) is 0 Å². The Morgan fingerprint density at radius 2 is 1.77 bits per heavy atom. The van der Waals surface area contributed by atoms with Gasteiger partial charge in [0.15, 0.2) is 0 Å². The average Bonchev–Trinajstić information content (AvgIpc) is 3.38. The molecule has 6 nitrogen and oxygen atoms in total. The fourth-order valence-corrected chi connectivity index (χ4v) is 9.06. The Balaban J connectivity index is 1.39. The van der Waals surface area contributed by atoms with Crippen molar-refractivity contribution in [2.45, 2.75) is 82.0 Å². The first kappa shape index (κ1) is 23.4. The number of hydrogen-bond acceptors (Lipinski definition) is 6. The van der Waals surface area contributed by atoms with Crippen LogP contribution in [-0.2, 0) is 9.53 Å². The number of nitrogens with zero attached hydrogens (tertiary/aromatic N) is 1. The zero-order valence-electron chi connectivity index (χ0n) is 20.5. The molecule has 35 heavy (non-hydrogen) atoms. The van der Waals surface area contributed by atoms with Crippen LogP contribution >= 0.6 is 0 Å². The monoisotopic (exact) mass is 479 g/mol. The van der Waals surface area contributed by atoms with Crippen LogP contribution in [0.2, 0.25) is 0 Å². The maximum atomic E-state index is 12.5. The quantitative estimate of drug-likeness (QED) is 0.448. The highest BCUT2D eigenvalue weighted by Gasteiger charge is 2.71. The Bertz CT molecular complexity index is 1070. The molecule has 1 aliphatic heterocycles. The lowest BCUT2D eigenvalue weighted by molar-refractivity contribution is -0.237. The molecule has 0 radical (unpaired) electrons. The van der Waals surface area contributed by atoms with Crippen LogP contribution in [0.3, 0.4) is 0 Å². The van der Waals surface area contributed by atoms with Gasteiger partial charge in [0.25, 0.3) is 0 Å². The lowest BCUT2D eigenvalue weighted by Crippen LogP contribution is -2.68. The highest BCUT2D eigenvalue weighted by atomic mass is 16.5. The number of esters is 1. The maximum Gasteiger partial charge on any atom is 0.331 e. The number of ether oxygens (including phenoxy) is 1. The third kappa shape index (κ3) is 3.25. The lowest BCUT2D eigenvalue weighted by Gasteiger charge is -2.65. The van der Waals surface area contributed by atoms with E-state index in [0.29, 0.717) is 38.7 Å². The van der Waals surface area contributed by atoms with E-state index >= 15 is 0 Å². The molecule has 188 valence electrons. The second-order valence-electron chi connectivity index (χ2n) is 12.1. The van der Waals surface area contributed by atoms with Gasteiger partial charge in [-0.1, -0.05) is 25.1 Å². The van der Waals surface area contributed by atoms with Crippen LogP contribution in [0, 0.1) is 28.6 Å². The Hall–Kier alpha value is -2.02. The van der Waals surface area contributed by atoms with Crippen molar-refractivity contribution in [3.63, 3.8) is 0 Å². The predicted octanol–water partition coefficient (Wildman–Crippen LogP) is 4.10. The molecular weight excluding hydrogens is 442 g/mol. The van der Waals surface area contributed by atoms with Gasteiger partial charge in [-0.25, -0.2) is 4.79 Å². The van der Waals surface area contributed by atoms with Crippen LogP contribution in [0.5, 0.6) is 0 Å². The van der Waals surface area contributed by atoms with E-state index in [-0.39, 0.29) is 29.1 Å². The fourth-order valence-electron chi connectivity index (χ4n) is 9.06. The first-order valence-electron chi connectivity index (χ1n) is 13.3. The Kier molecular flexibility index (Phi) is 5.34. The molecule has 3 N–H and O–H groups in total. The molecule has 8 atom stereocenters. The van der Waals surface area contributed by atoms with E-state index in [1.807, 2.05) is 36.5 Å². The van der Waals surface area contributed by atoms with Crippen molar-refractivity contribution in [2.75, 3.05) is 6.61 Å². The Morgan fingerprint density at radius 1 is 1.00 bits per heavy atom. The number of cyclic esters (lactones) is 1. The Morgan fingerprint density at radius 3 is 2.51 bits per heavy atom. The minimum absolute atomic E-state index is 0.0441. The maximum absolute atomic E-state index is 12.5. The van der Waals surface area contributed by atoms with Crippen molar-refractivity contribution < 1.29 is 24.9 Å². The van der Waals surface area contributed by atoms with Crippen LogP contribution in [0.4, 0.5) is 5.69 Å². The van der Waals surface area contributed by atoms with Gasteiger partial charge in [-0.3, -0.25) is 4.99 Å². The van der Waals surface area contributed by atoms with Gasteiger partial charge in [0, 0.05) is 29.5 Å². The number of aliphatic hydroxyl groups is 3. The Labute approximate surface area is 207 Å². The van der Waals surface area contributed by atoms with Crippen molar-refractivity contribution >= 4 is 17.9 Å². The van der Waals surface area contributed by atoms with Gasteiger partial charge in [-0.05, 0) is 86.8 Å². The van der Waals surface area contributed by atoms with Gasteiger partial charge in [-0.2, -0.15) is 0 Å². The number of rotatable bonds is 3. The van der Waals surface area contributed by atoms with Crippen molar-refractivity contribution in [3.8, 4) is 0 Å². The molecule has 0 amide bonds. The number of hydrogen-bond donors (Lipinski definition) is 3. The third-order valence-corrected chi connectivity index (χ3v) is 10.8. The summed E-state index contributed by atoms with van der Waals surface area (Å²) in [7, 11) is 0. The van der Waals surface area contributed by atoms with E-state index in [1.165, 1.54) is 0 Å². The SMILES string of the molecule is C[C@]12CC[C@@H]3[C@@H](CC[C@@]4(O)C[C@@H](O)CC[C@]34C=Nc3ccccc3)[C@@]1(O)CC[C@@H]2C1=CC(=O)OC1. The molecule has 0 unspecified atom stereocenters. The van der Waals surface area contributed by atoms with Crippen molar-refractivity contribution in [3.05, 3.63) is 42.0 Å². The molecule has 0 aromatic heterocycles. The first-order valence-corrected chi connectivity index (χ1v) is 13.3. The predicted molar refractivity (Wildman–Crippen MR) is 132 cm³/mol. The summed E-state index contributed by atoms with van der Waals surface area (Å²) in [6.07, 6.45) is 9.38. The zero-order chi connectivity index (χ0) is 24.5. The summed E-state index contributed by atoms with van der Waals surface area (Å²) >= 11 is 0. The number of aliphatic hydroxyl groups excluding tert-OH is 1. The van der Waals surface area contributed by atoms with Crippen LogP contribution < -0.4 is 0 Å². The molecule has 1 heterocycles. The number of aliphatic imine (C=N–C) groups is 1. The number of carbonyl (C=O) groups excluding carboxylic acids is 1. The van der Waals surface area contributed by atoms with E-state index in [9.17, 15) is 20.1 Å². The molecule has 4 fully saturated rings. The molecule has 4 saturated carbocycles. The molecule has 1 aromatic rings. The molecule has 6 rings (SSSR count). The van der Waals surface area contributed by atoms with E-state index < -0.39 is 22.7 Å². The minimum Gasteiger partial charge on any atom is -0.458 e. The van der Waals surface area contributed by atoms with Crippen molar-refractivity contribution in [2.24, 2.45) is 33.6 Å². The highest BCUT2D eigenvalue weighted by molar-refractivity contribution is 5.85. The highest BCUT2D eigenvalue weighted by Crippen LogP contribution is 2.70. The van der Waals surface area contributed by atoms with Gasteiger partial charge in [-0.15, -0.1) is 0 Å². The summed E-state index contributed by atoms with van der Waals surface area (Å²) in [5.74, 6) is 0.00575. The van der Waals surface area contributed by atoms with E-state index in [2.05, 4.69) is 6.92 Å². The van der Waals surface area contributed by atoms with Gasteiger partial charge in [0.05, 0.1) is 23.0 Å². The summed E-state index contributed by atoms with van der Waals surface area (Å²) < 4.78 is 5.24. The summed E-state index contributed by atoms with van der Waals surface area (Å²) in [5, 5.41) is 35.1. The van der Waals surface area contributed by atoms with Crippen LogP contribution in [0.25, 0.3) is 0 Å². The second kappa shape index (κ2) is 7.99. The summed E-state index contributed by atoms with van der Waals surface area (Å²) in [6.45, 7) is 2.55. The van der Waals surface area contributed by atoms with E-state index in [1.54, 1.807) is 6.08 Å². The number of carbonyl (C=O) groups is 1. The molecule has 4 aliphatic carbocycles. The summed E-state index contributed by atoms with van der Waals surface area (Å²) in [6, 6.07) is 9.83. The normalized spacial score (nSPS) is 47.1. The van der Waals surface area contributed by atoms with Crippen LogP contribution in [-0.4, -0.2) is 51.4 Å². The topological polar surface area (TPSA) is 99.4 Å². The molecule has 0 bridgehead atoms. The third-order valence-electron chi connectivity index (χ3n) is 10.8.